The Bertz CT molecular complexity index is 1160. The van der Waals surface area contributed by atoms with Gasteiger partial charge in [-0.1, -0.05) is 32.9 Å². The zero-order valence-electron chi connectivity index (χ0n) is 18.8. The van der Waals surface area contributed by atoms with Gasteiger partial charge in [0, 0.05) is 18.3 Å². The number of ketones is 4. The normalized spacial score (nSPS) is 34.9. The Labute approximate surface area is 194 Å². The summed E-state index contributed by atoms with van der Waals surface area (Å²) in [5.74, 6) is -14.2. The summed E-state index contributed by atoms with van der Waals surface area (Å²) in [6, 6.07) is 4.40. The fourth-order valence-corrected chi connectivity index (χ4v) is 5.71. The van der Waals surface area contributed by atoms with Gasteiger partial charge in [0.15, 0.2) is 34.7 Å². The second kappa shape index (κ2) is 7.83. The van der Waals surface area contributed by atoms with Gasteiger partial charge < -0.3 is 20.7 Å². The van der Waals surface area contributed by atoms with Crippen molar-refractivity contribution in [2.24, 2.45) is 35.3 Å². The number of hydrogen-bond acceptors (Lipinski definition) is 9. The number of hydrogen-bond donors (Lipinski definition) is 3. The van der Waals surface area contributed by atoms with E-state index in [1.54, 1.807) is 26.8 Å². The number of rotatable bonds is 3. The number of aliphatic hydroxyl groups is 1. The number of ether oxygens (including phenoxy) is 1. The first-order valence-corrected chi connectivity index (χ1v) is 11.0. The molecule has 1 amide bonds. The quantitative estimate of drug-likeness (QED) is 0.406. The summed E-state index contributed by atoms with van der Waals surface area (Å²) in [6.45, 7) is 4.79. The number of Topliss-reactive ketones (excluding diaryl/α,β-unsaturated/α-hetero) is 4. The van der Waals surface area contributed by atoms with Crippen molar-refractivity contribution in [3.63, 3.8) is 0 Å². The highest BCUT2D eigenvalue weighted by Crippen LogP contribution is 2.54. The maximum absolute atomic E-state index is 13.7. The van der Waals surface area contributed by atoms with Crippen LogP contribution in [-0.2, 0) is 28.7 Å². The second-order valence-corrected chi connectivity index (χ2v) is 9.61. The van der Waals surface area contributed by atoms with Gasteiger partial charge in [-0.05, 0) is 17.5 Å². The molecule has 0 aliphatic heterocycles. The van der Waals surface area contributed by atoms with Gasteiger partial charge >= 0.3 is 5.97 Å². The van der Waals surface area contributed by atoms with E-state index in [1.165, 1.54) is 12.1 Å². The Hall–Kier alpha value is -3.40. The van der Waals surface area contributed by atoms with Gasteiger partial charge in [-0.25, -0.2) is 0 Å². The first-order valence-electron chi connectivity index (χ1n) is 11.0. The highest BCUT2D eigenvalue weighted by molar-refractivity contribution is 6.31. The van der Waals surface area contributed by atoms with E-state index >= 15 is 0 Å². The van der Waals surface area contributed by atoms with Crippen LogP contribution in [0.25, 0.3) is 0 Å². The lowest BCUT2D eigenvalue weighted by Gasteiger charge is -2.53. The first kappa shape index (κ1) is 23.7. The van der Waals surface area contributed by atoms with Gasteiger partial charge in [-0.2, -0.15) is 0 Å². The molecule has 1 aromatic carbocycles. The molecule has 0 saturated heterocycles. The van der Waals surface area contributed by atoms with E-state index in [4.69, 9.17) is 10.5 Å². The average Bonchev–Trinajstić information content (AvgIpc) is 2.75. The van der Waals surface area contributed by atoms with Crippen molar-refractivity contribution < 1.29 is 43.7 Å². The lowest BCUT2D eigenvalue weighted by Crippen LogP contribution is -2.73. The molecular formula is C24H25NO9. The zero-order chi connectivity index (χ0) is 25.3. The van der Waals surface area contributed by atoms with Crippen LogP contribution in [-0.4, -0.2) is 56.9 Å². The van der Waals surface area contributed by atoms with Crippen LogP contribution in [0, 0.1) is 29.6 Å². The van der Waals surface area contributed by atoms with Crippen LogP contribution < -0.4 is 5.73 Å². The van der Waals surface area contributed by atoms with Crippen LogP contribution in [0.1, 0.15) is 49.0 Å². The number of amides is 1. The fourth-order valence-electron chi connectivity index (χ4n) is 5.71. The molecule has 10 heteroatoms. The number of carbonyl (C=O) groups is 6. The topological polar surface area (TPSA) is 178 Å². The summed E-state index contributed by atoms with van der Waals surface area (Å²) in [5, 5.41) is 21.8. The molecule has 4 N–H and O–H groups in total. The molecule has 1 aromatic rings. The van der Waals surface area contributed by atoms with Crippen molar-refractivity contribution >= 4 is 35.0 Å². The molecule has 4 rings (SSSR count). The van der Waals surface area contributed by atoms with Crippen molar-refractivity contribution in [2.75, 3.05) is 0 Å². The fraction of sp³-hybridized carbons (Fsp3) is 0.500. The SMILES string of the molecule is CC(C)C(=O)O[C@H]1[C@H]2C(C(=O)c3c(O)cccc3[C@@H]2C)C(=O)[C@]2(O)C(=O)C(C(N)=O)C(=O)C[C@H]12. The number of nitrogens with two attached hydrogens (primary N) is 1. The molecule has 0 bridgehead atoms. The predicted octanol–water partition coefficient (Wildman–Crippen LogP) is 0.0656. The maximum atomic E-state index is 13.7. The van der Waals surface area contributed by atoms with Crippen LogP contribution in [0.2, 0.25) is 0 Å². The number of primary amides is 1. The Kier molecular flexibility index (Phi) is 5.47. The number of phenols is 1. The van der Waals surface area contributed by atoms with E-state index in [0.29, 0.717) is 5.56 Å². The summed E-state index contributed by atoms with van der Waals surface area (Å²) in [4.78, 5) is 77.5. The molecule has 3 aliphatic rings. The Balaban J connectivity index is 1.94. The van der Waals surface area contributed by atoms with Crippen LogP contribution in [0.15, 0.2) is 18.2 Å². The number of esters is 1. The van der Waals surface area contributed by atoms with Gasteiger partial charge in [0.1, 0.15) is 11.9 Å². The zero-order valence-corrected chi connectivity index (χ0v) is 18.8. The van der Waals surface area contributed by atoms with Gasteiger partial charge in [0.25, 0.3) is 0 Å². The second-order valence-electron chi connectivity index (χ2n) is 9.61. The van der Waals surface area contributed by atoms with E-state index in [2.05, 4.69) is 0 Å². The van der Waals surface area contributed by atoms with Crippen molar-refractivity contribution in [3.05, 3.63) is 29.3 Å². The van der Waals surface area contributed by atoms with Gasteiger partial charge in [-0.3, -0.25) is 28.8 Å². The van der Waals surface area contributed by atoms with E-state index in [1.807, 2.05) is 0 Å². The molecule has 3 aliphatic carbocycles. The molecule has 180 valence electrons. The van der Waals surface area contributed by atoms with Gasteiger partial charge in [0.05, 0.1) is 17.4 Å². The third kappa shape index (κ3) is 3.04. The van der Waals surface area contributed by atoms with Crippen LogP contribution in [0.5, 0.6) is 5.75 Å². The monoisotopic (exact) mass is 471 g/mol. The molecule has 10 nitrogen and oxygen atoms in total. The van der Waals surface area contributed by atoms with Crippen molar-refractivity contribution in [1.82, 2.24) is 0 Å². The molecule has 34 heavy (non-hydrogen) atoms. The van der Waals surface area contributed by atoms with E-state index in [9.17, 15) is 39.0 Å². The van der Waals surface area contributed by atoms with Gasteiger partial charge in [-0.15, -0.1) is 0 Å². The minimum atomic E-state index is -2.94. The van der Waals surface area contributed by atoms with Crippen molar-refractivity contribution in [1.29, 1.82) is 0 Å². The predicted molar refractivity (Wildman–Crippen MR) is 113 cm³/mol. The summed E-state index contributed by atoms with van der Waals surface area (Å²) in [5.41, 5.74) is 2.56. The molecule has 7 atom stereocenters. The number of benzene rings is 1. The standard InChI is InChI=1S/C24H25NO9/c1-8(2)23(32)34-19-11-7-13(27)16(22(25)31)20(29)24(11,33)21(30)17-14(19)9(3)10-5-4-6-12(26)15(10)18(17)28/h4-6,8-9,11,14,16-17,19,26,33H,7H2,1-3H3,(H2,25,31)/t9-,11+,14+,16?,17?,19+,24+/m0/s1. The van der Waals surface area contributed by atoms with Gasteiger partial charge in [0.2, 0.25) is 5.91 Å². The summed E-state index contributed by atoms with van der Waals surface area (Å²) in [7, 11) is 0. The molecule has 2 saturated carbocycles. The van der Waals surface area contributed by atoms with E-state index < -0.39 is 88.6 Å². The van der Waals surface area contributed by atoms with E-state index in [-0.39, 0.29) is 11.3 Å². The molecule has 0 heterocycles. The number of aromatic hydroxyl groups is 1. The Morgan fingerprint density at radius 2 is 1.79 bits per heavy atom. The largest absolute Gasteiger partial charge is 0.507 e. The molecular weight excluding hydrogens is 446 g/mol. The van der Waals surface area contributed by atoms with E-state index in [0.717, 1.165) is 0 Å². The molecule has 0 aromatic heterocycles. The minimum absolute atomic E-state index is 0.119. The molecule has 0 radical (unpaired) electrons. The molecule has 0 spiro atoms. The first-order chi connectivity index (χ1) is 15.8. The number of carbonyl (C=O) groups excluding carboxylic acids is 6. The van der Waals surface area contributed by atoms with Crippen LogP contribution in [0.4, 0.5) is 0 Å². The van der Waals surface area contributed by atoms with Crippen LogP contribution in [0.3, 0.4) is 0 Å². The number of phenolic OH excluding ortho intramolecular Hbond substituents is 1. The summed E-state index contributed by atoms with van der Waals surface area (Å²) < 4.78 is 5.68. The lowest BCUT2D eigenvalue weighted by molar-refractivity contribution is -0.199. The minimum Gasteiger partial charge on any atom is -0.507 e. The molecule has 2 fully saturated rings. The Morgan fingerprint density at radius 3 is 2.38 bits per heavy atom. The third-order valence-electron chi connectivity index (χ3n) is 7.42. The molecule has 2 unspecified atom stereocenters. The van der Waals surface area contributed by atoms with Crippen molar-refractivity contribution in [2.45, 2.75) is 44.8 Å². The maximum Gasteiger partial charge on any atom is 0.308 e. The van der Waals surface area contributed by atoms with Crippen LogP contribution >= 0.6 is 0 Å². The third-order valence-corrected chi connectivity index (χ3v) is 7.42. The summed E-state index contributed by atoms with van der Waals surface area (Å²) in [6.07, 6.45) is -1.98. The Morgan fingerprint density at radius 1 is 1.15 bits per heavy atom. The highest BCUT2D eigenvalue weighted by atomic mass is 16.5. The average molecular weight is 471 g/mol. The lowest BCUT2D eigenvalue weighted by atomic mass is 9.50. The van der Waals surface area contributed by atoms with Crippen molar-refractivity contribution in [3.8, 4) is 5.75 Å². The smallest absolute Gasteiger partial charge is 0.308 e. The number of fused-ring (bicyclic) bond motifs is 3. The summed E-state index contributed by atoms with van der Waals surface area (Å²) >= 11 is 0. The highest BCUT2D eigenvalue weighted by Gasteiger charge is 2.71.